The van der Waals surface area contributed by atoms with Gasteiger partial charge in [0.2, 0.25) is 5.91 Å². The second-order valence-corrected chi connectivity index (χ2v) is 25.6. The van der Waals surface area contributed by atoms with E-state index in [-0.39, 0.29) is 18.5 Å². The molecule has 0 aromatic carbocycles. The van der Waals surface area contributed by atoms with E-state index in [1.54, 1.807) is 6.08 Å². The first kappa shape index (κ1) is 80.1. The number of unbranched alkanes of at least 4 members (excludes halogenated alkanes) is 55. The summed E-state index contributed by atoms with van der Waals surface area (Å²) >= 11 is 0. The average Bonchev–Trinajstić information content (AvgIpc) is 3.48. The van der Waals surface area contributed by atoms with Crippen LogP contribution in [0.1, 0.15) is 412 Å². The van der Waals surface area contributed by atoms with Crippen molar-refractivity contribution >= 4 is 11.9 Å². The van der Waals surface area contributed by atoms with Gasteiger partial charge in [-0.2, -0.15) is 0 Å². The number of hydrogen-bond donors (Lipinski definition) is 3. The molecule has 0 aromatic rings. The first-order chi connectivity index (χ1) is 40.5. The highest BCUT2D eigenvalue weighted by molar-refractivity contribution is 5.76. The van der Waals surface area contributed by atoms with Crippen molar-refractivity contribution < 1.29 is 24.5 Å². The largest absolute Gasteiger partial charge is 0.466 e. The monoisotopic (exact) mass is 1150 g/mol. The maximum Gasteiger partial charge on any atom is 0.305 e. The summed E-state index contributed by atoms with van der Waals surface area (Å²) in [5.74, 6) is -0.0492. The number of allylic oxidation sites excluding steroid dienone is 5. The molecule has 0 aliphatic rings. The Kier molecular flexibility index (Phi) is 69.9. The van der Waals surface area contributed by atoms with Crippen molar-refractivity contribution in [2.45, 2.75) is 424 Å². The minimum atomic E-state index is -0.846. The van der Waals surface area contributed by atoms with Gasteiger partial charge in [0.25, 0.3) is 0 Å². The fourth-order valence-corrected chi connectivity index (χ4v) is 11.7. The highest BCUT2D eigenvalue weighted by atomic mass is 16.5. The van der Waals surface area contributed by atoms with Gasteiger partial charge in [0.1, 0.15) is 0 Å². The summed E-state index contributed by atoms with van der Waals surface area (Å²) in [6, 6.07) is -0.630. The number of carbonyl (C=O) groups excluding carboxylic acids is 2. The Bertz CT molecular complexity index is 1330. The molecule has 0 fully saturated rings. The fourth-order valence-electron chi connectivity index (χ4n) is 11.7. The van der Waals surface area contributed by atoms with Gasteiger partial charge in [-0.15, -0.1) is 0 Å². The molecule has 0 radical (unpaired) electrons. The lowest BCUT2D eigenvalue weighted by Crippen LogP contribution is -2.45. The smallest absolute Gasteiger partial charge is 0.305 e. The SMILES string of the molecule is CCCCCCCCCCCCCCCCCCC/C=C/C(O)C(CO)NC(=O)CCCCCCCCCCCCCCC/C=C\C/C=C\CCCCCCCCCCCOC(=O)CCCCCCCCCCCCCCCCCCC. The van der Waals surface area contributed by atoms with E-state index >= 15 is 0 Å². The van der Waals surface area contributed by atoms with Crippen LogP contribution < -0.4 is 5.32 Å². The Hall–Kier alpha value is -1.92. The van der Waals surface area contributed by atoms with Gasteiger partial charge >= 0.3 is 5.97 Å². The zero-order valence-corrected chi connectivity index (χ0v) is 55.5. The second-order valence-electron chi connectivity index (χ2n) is 25.6. The van der Waals surface area contributed by atoms with E-state index in [1.807, 2.05) is 6.08 Å². The fraction of sp³-hybridized carbons (Fsp3) is 0.895. The molecule has 0 aromatic heterocycles. The molecule has 0 rings (SSSR count). The molecular formula is C76H145NO5. The number of ether oxygens (including phenoxy) is 1. The third kappa shape index (κ3) is 67.2. The summed E-state index contributed by atoms with van der Waals surface area (Å²) in [6.07, 6.45) is 92.4. The van der Waals surface area contributed by atoms with Gasteiger partial charge in [-0.05, 0) is 64.2 Å². The van der Waals surface area contributed by atoms with Crippen molar-refractivity contribution in [2.75, 3.05) is 13.2 Å². The van der Waals surface area contributed by atoms with Crippen LogP contribution in [0.4, 0.5) is 0 Å². The van der Waals surface area contributed by atoms with Gasteiger partial charge in [-0.25, -0.2) is 0 Å². The van der Waals surface area contributed by atoms with Crippen LogP contribution in [0, 0.1) is 0 Å². The molecule has 2 atom stereocenters. The maximum atomic E-state index is 12.5. The molecule has 3 N–H and O–H groups in total. The average molecular weight is 1150 g/mol. The van der Waals surface area contributed by atoms with Crippen LogP contribution in [-0.4, -0.2) is 47.4 Å². The molecule has 0 heterocycles. The Morgan fingerprint density at radius 2 is 0.610 bits per heavy atom. The van der Waals surface area contributed by atoms with Crippen molar-refractivity contribution in [3.05, 3.63) is 36.5 Å². The van der Waals surface area contributed by atoms with E-state index in [0.717, 1.165) is 44.9 Å². The van der Waals surface area contributed by atoms with Crippen LogP contribution in [-0.2, 0) is 14.3 Å². The Morgan fingerprint density at radius 3 is 0.927 bits per heavy atom. The first-order valence-corrected chi connectivity index (χ1v) is 37.3. The zero-order valence-electron chi connectivity index (χ0n) is 55.5. The van der Waals surface area contributed by atoms with Crippen molar-refractivity contribution in [3.63, 3.8) is 0 Å². The number of rotatable bonds is 70. The molecule has 0 bridgehead atoms. The van der Waals surface area contributed by atoms with Gasteiger partial charge in [-0.1, -0.05) is 371 Å². The molecule has 2 unspecified atom stereocenters. The summed E-state index contributed by atoms with van der Waals surface area (Å²) in [6.45, 7) is 4.94. The van der Waals surface area contributed by atoms with Crippen molar-refractivity contribution in [1.29, 1.82) is 0 Å². The topological polar surface area (TPSA) is 95.9 Å². The van der Waals surface area contributed by atoms with Gasteiger partial charge in [0.05, 0.1) is 25.4 Å². The maximum absolute atomic E-state index is 12.5. The molecule has 6 nitrogen and oxygen atoms in total. The number of nitrogens with one attached hydrogen (secondary N) is 1. The third-order valence-electron chi connectivity index (χ3n) is 17.4. The molecule has 0 saturated heterocycles. The minimum Gasteiger partial charge on any atom is -0.466 e. The number of aliphatic hydroxyl groups is 2. The van der Waals surface area contributed by atoms with Crippen LogP contribution in [0.25, 0.3) is 0 Å². The molecule has 0 saturated carbocycles. The molecule has 484 valence electrons. The van der Waals surface area contributed by atoms with Gasteiger partial charge in [0, 0.05) is 12.8 Å². The normalized spacial score (nSPS) is 12.7. The zero-order chi connectivity index (χ0) is 59.2. The standard InChI is InChI=1S/C76H145NO5/c1-3-5-7-9-11-13-15-17-19-21-33-37-40-44-48-52-56-60-64-68-74(79)73(72-78)77-75(80)69-65-61-57-53-49-45-41-38-34-31-29-27-25-23-22-24-26-28-30-32-35-39-43-47-51-55-59-63-67-71-82-76(81)70-66-62-58-54-50-46-42-36-20-18-16-14-12-10-8-6-4-2/h22,24,28,30,64,68,73-74,78-79H,3-21,23,25-27,29,31-63,65-67,69-72H2,1-2H3,(H,77,80)/b24-22-,30-28-,68-64+. The van der Waals surface area contributed by atoms with Crippen molar-refractivity contribution in [3.8, 4) is 0 Å². The molecule has 82 heavy (non-hydrogen) atoms. The lowest BCUT2D eigenvalue weighted by molar-refractivity contribution is -0.143. The number of amides is 1. The Labute approximate surface area is 513 Å². The molecule has 0 aliphatic heterocycles. The number of aliphatic hydroxyl groups excluding tert-OH is 2. The van der Waals surface area contributed by atoms with E-state index in [4.69, 9.17) is 4.74 Å². The Morgan fingerprint density at radius 1 is 0.341 bits per heavy atom. The lowest BCUT2D eigenvalue weighted by atomic mass is 10.0. The molecular weight excluding hydrogens is 1010 g/mol. The van der Waals surface area contributed by atoms with Crippen LogP contribution >= 0.6 is 0 Å². The van der Waals surface area contributed by atoms with Gasteiger partial charge in [0.15, 0.2) is 0 Å². The summed E-state index contributed by atoms with van der Waals surface area (Å²) in [4.78, 5) is 24.6. The molecule has 1 amide bonds. The van der Waals surface area contributed by atoms with Crippen molar-refractivity contribution in [2.24, 2.45) is 0 Å². The van der Waals surface area contributed by atoms with E-state index in [2.05, 4.69) is 43.5 Å². The van der Waals surface area contributed by atoms with Gasteiger partial charge < -0.3 is 20.3 Å². The summed E-state index contributed by atoms with van der Waals surface area (Å²) in [5.41, 5.74) is 0. The molecule has 0 aliphatic carbocycles. The van der Waals surface area contributed by atoms with Gasteiger partial charge in [-0.3, -0.25) is 9.59 Å². The predicted molar refractivity (Wildman–Crippen MR) is 361 cm³/mol. The number of hydrogen-bond acceptors (Lipinski definition) is 5. The van der Waals surface area contributed by atoms with Crippen LogP contribution in [0.2, 0.25) is 0 Å². The second kappa shape index (κ2) is 71.6. The van der Waals surface area contributed by atoms with Crippen LogP contribution in [0.15, 0.2) is 36.5 Å². The van der Waals surface area contributed by atoms with Crippen LogP contribution in [0.3, 0.4) is 0 Å². The van der Waals surface area contributed by atoms with E-state index in [1.165, 1.54) is 340 Å². The number of carbonyl (C=O) groups is 2. The lowest BCUT2D eigenvalue weighted by Gasteiger charge is -2.20. The van der Waals surface area contributed by atoms with E-state index in [9.17, 15) is 19.8 Å². The summed E-state index contributed by atoms with van der Waals surface area (Å²) in [5, 5.41) is 23.2. The third-order valence-corrected chi connectivity index (χ3v) is 17.4. The minimum absolute atomic E-state index is 0.0163. The molecule has 0 spiro atoms. The summed E-state index contributed by atoms with van der Waals surface area (Å²) < 4.78 is 5.50. The first-order valence-electron chi connectivity index (χ1n) is 37.3. The molecule has 6 heteroatoms. The number of esters is 1. The highest BCUT2D eigenvalue weighted by Gasteiger charge is 2.18. The highest BCUT2D eigenvalue weighted by Crippen LogP contribution is 2.19. The van der Waals surface area contributed by atoms with Crippen molar-refractivity contribution in [1.82, 2.24) is 5.32 Å². The van der Waals surface area contributed by atoms with E-state index < -0.39 is 12.1 Å². The quantitative estimate of drug-likeness (QED) is 0.0320. The predicted octanol–water partition coefficient (Wildman–Crippen LogP) is 24.3. The van der Waals surface area contributed by atoms with Crippen LogP contribution in [0.5, 0.6) is 0 Å². The van der Waals surface area contributed by atoms with E-state index in [0.29, 0.717) is 19.4 Å². The Balaban J connectivity index is 3.41. The summed E-state index contributed by atoms with van der Waals surface area (Å²) in [7, 11) is 0.